The molecule has 5 heteroatoms. The molecular weight excluding hydrogens is 182 g/mol. The van der Waals surface area contributed by atoms with E-state index in [1.54, 1.807) is 0 Å². The predicted octanol–water partition coefficient (Wildman–Crippen LogP) is 0.350. The van der Waals surface area contributed by atoms with Gasteiger partial charge in [-0.3, -0.25) is 4.79 Å². The number of rotatable bonds is 2. The lowest BCUT2D eigenvalue weighted by Gasteiger charge is -2.04. The molecule has 0 bridgehead atoms. The molecule has 5 N–H and O–H groups in total. The van der Waals surface area contributed by atoms with Crippen LogP contribution in [0.2, 0.25) is 0 Å². The van der Waals surface area contributed by atoms with Crippen molar-refractivity contribution in [2.45, 2.75) is 6.42 Å². The van der Waals surface area contributed by atoms with Gasteiger partial charge in [0.25, 0.3) is 0 Å². The summed E-state index contributed by atoms with van der Waals surface area (Å²) >= 11 is 0. The van der Waals surface area contributed by atoms with Gasteiger partial charge in [0.2, 0.25) is 0 Å². The van der Waals surface area contributed by atoms with Gasteiger partial charge in [-0.2, -0.15) is 5.26 Å². The van der Waals surface area contributed by atoms with E-state index >= 15 is 0 Å². The Labute approximate surface area is 80.6 Å². The second-order valence-corrected chi connectivity index (χ2v) is 2.83. The standard InChI is InChI=1S/C9H9N3O2/c10-4-6-1-5(3-8(13)14)2-7(11)9(6)12/h1-2H,3,11-12H2,(H,13,14). The lowest BCUT2D eigenvalue weighted by molar-refractivity contribution is -0.136. The Morgan fingerprint density at radius 1 is 1.50 bits per heavy atom. The Hall–Kier alpha value is -2.22. The first-order valence-corrected chi connectivity index (χ1v) is 3.84. The monoisotopic (exact) mass is 191 g/mol. The van der Waals surface area contributed by atoms with Crippen LogP contribution in [0.3, 0.4) is 0 Å². The number of benzene rings is 1. The number of carboxylic acid groups (broad SMARTS) is 1. The van der Waals surface area contributed by atoms with Crippen LogP contribution in [0.15, 0.2) is 12.1 Å². The molecule has 1 rings (SSSR count). The minimum atomic E-state index is -0.974. The summed E-state index contributed by atoms with van der Waals surface area (Å²) in [6.07, 6.45) is -0.168. The number of aliphatic carboxylic acids is 1. The van der Waals surface area contributed by atoms with Gasteiger partial charge in [0.1, 0.15) is 6.07 Å². The van der Waals surface area contributed by atoms with Crippen molar-refractivity contribution in [3.63, 3.8) is 0 Å². The minimum absolute atomic E-state index is 0.168. The van der Waals surface area contributed by atoms with Gasteiger partial charge >= 0.3 is 5.97 Å². The molecule has 0 amide bonds. The average Bonchev–Trinajstić information content (AvgIpc) is 2.10. The molecule has 0 aliphatic heterocycles. The molecule has 0 aliphatic rings. The number of hydrogen-bond acceptors (Lipinski definition) is 4. The van der Waals surface area contributed by atoms with Crippen molar-refractivity contribution in [1.82, 2.24) is 0 Å². The third kappa shape index (κ3) is 1.93. The summed E-state index contributed by atoms with van der Waals surface area (Å²) in [5.41, 5.74) is 12.1. The summed E-state index contributed by atoms with van der Waals surface area (Å²) in [6.45, 7) is 0. The SMILES string of the molecule is N#Cc1cc(CC(=O)O)cc(N)c1N. The molecular formula is C9H9N3O2. The van der Waals surface area contributed by atoms with E-state index in [9.17, 15) is 4.79 Å². The van der Waals surface area contributed by atoms with Crippen molar-refractivity contribution in [3.8, 4) is 6.07 Å². The third-order valence-electron chi connectivity index (χ3n) is 1.75. The number of nitrogens with zero attached hydrogens (tertiary/aromatic N) is 1. The molecule has 1 aromatic rings. The zero-order valence-electron chi connectivity index (χ0n) is 7.32. The summed E-state index contributed by atoms with van der Waals surface area (Å²) in [6, 6.07) is 4.74. The van der Waals surface area contributed by atoms with Gasteiger partial charge in [-0.15, -0.1) is 0 Å². The summed E-state index contributed by atoms with van der Waals surface area (Å²) in [5.74, 6) is -0.974. The molecule has 0 aromatic heterocycles. The third-order valence-corrected chi connectivity index (χ3v) is 1.75. The van der Waals surface area contributed by atoms with Crippen molar-refractivity contribution in [1.29, 1.82) is 5.26 Å². The van der Waals surface area contributed by atoms with Crippen LogP contribution in [-0.4, -0.2) is 11.1 Å². The maximum Gasteiger partial charge on any atom is 0.307 e. The molecule has 0 saturated heterocycles. The van der Waals surface area contributed by atoms with Crippen LogP contribution in [0, 0.1) is 11.3 Å². The van der Waals surface area contributed by atoms with E-state index in [-0.39, 0.29) is 23.4 Å². The van der Waals surface area contributed by atoms with E-state index in [1.165, 1.54) is 12.1 Å². The number of hydrogen-bond donors (Lipinski definition) is 3. The van der Waals surface area contributed by atoms with Gasteiger partial charge in [0.15, 0.2) is 0 Å². The van der Waals surface area contributed by atoms with E-state index < -0.39 is 5.97 Å². The van der Waals surface area contributed by atoms with Crippen molar-refractivity contribution in [3.05, 3.63) is 23.3 Å². The average molecular weight is 191 g/mol. The molecule has 0 radical (unpaired) electrons. The number of carbonyl (C=O) groups is 1. The Kier molecular flexibility index (Phi) is 2.58. The molecule has 0 atom stereocenters. The molecule has 0 fully saturated rings. The Morgan fingerprint density at radius 2 is 2.14 bits per heavy atom. The lowest BCUT2D eigenvalue weighted by Crippen LogP contribution is -2.04. The smallest absolute Gasteiger partial charge is 0.307 e. The van der Waals surface area contributed by atoms with Gasteiger partial charge in [0, 0.05) is 0 Å². The Bertz CT molecular complexity index is 421. The van der Waals surface area contributed by atoms with E-state index in [2.05, 4.69) is 0 Å². The largest absolute Gasteiger partial charge is 0.481 e. The van der Waals surface area contributed by atoms with Gasteiger partial charge in [-0.05, 0) is 17.7 Å². The number of anilines is 2. The summed E-state index contributed by atoms with van der Waals surface area (Å²) in [4.78, 5) is 10.4. The summed E-state index contributed by atoms with van der Waals surface area (Å²) < 4.78 is 0. The zero-order chi connectivity index (χ0) is 10.7. The highest BCUT2D eigenvalue weighted by Crippen LogP contribution is 2.21. The maximum absolute atomic E-state index is 10.4. The molecule has 0 unspecified atom stereocenters. The minimum Gasteiger partial charge on any atom is -0.481 e. The van der Waals surface area contributed by atoms with Crippen molar-refractivity contribution < 1.29 is 9.90 Å². The van der Waals surface area contributed by atoms with Crippen LogP contribution >= 0.6 is 0 Å². The fourth-order valence-corrected chi connectivity index (χ4v) is 1.11. The number of nitrogen functional groups attached to an aromatic ring is 2. The normalized spacial score (nSPS) is 9.36. The summed E-state index contributed by atoms with van der Waals surface area (Å²) in [7, 11) is 0. The van der Waals surface area contributed by atoms with Gasteiger partial charge < -0.3 is 16.6 Å². The fraction of sp³-hybridized carbons (Fsp3) is 0.111. The predicted molar refractivity (Wildman–Crippen MR) is 51.3 cm³/mol. The number of nitrogens with two attached hydrogens (primary N) is 2. The van der Waals surface area contributed by atoms with Crippen molar-refractivity contribution in [2.75, 3.05) is 11.5 Å². The Balaban J connectivity index is 3.18. The van der Waals surface area contributed by atoms with E-state index in [1.807, 2.05) is 6.07 Å². The van der Waals surface area contributed by atoms with Gasteiger partial charge in [-0.1, -0.05) is 0 Å². The molecule has 0 saturated carbocycles. The fourth-order valence-electron chi connectivity index (χ4n) is 1.11. The first kappa shape index (κ1) is 9.86. The topological polar surface area (TPSA) is 113 Å². The zero-order valence-corrected chi connectivity index (χ0v) is 7.32. The molecule has 5 nitrogen and oxygen atoms in total. The van der Waals surface area contributed by atoms with Crippen LogP contribution in [0.5, 0.6) is 0 Å². The molecule has 0 spiro atoms. The highest BCUT2D eigenvalue weighted by Gasteiger charge is 2.07. The maximum atomic E-state index is 10.4. The van der Waals surface area contributed by atoms with Crippen molar-refractivity contribution >= 4 is 17.3 Å². The van der Waals surface area contributed by atoms with Crippen LogP contribution in [0.25, 0.3) is 0 Å². The highest BCUT2D eigenvalue weighted by molar-refractivity contribution is 5.76. The molecule has 0 heterocycles. The van der Waals surface area contributed by atoms with Crippen molar-refractivity contribution in [2.24, 2.45) is 0 Å². The van der Waals surface area contributed by atoms with Gasteiger partial charge in [-0.25, -0.2) is 0 Å². The van der Waals surface area contributed by atoms with Gasteiger partial charge in [0.05, 0.1) is 23.4 Å². The lowest BCUT2D eigenvalue weighted by atomic mass is 10.1. The number of carboxylic acids is 1. The molecule has 0 aliphatic carbocycles. The molecule has 1 aromatic carbocycles. The number of nitriles is 1. The first-order valence-electron chi connectivity index (χ1n) is 3.84. The van der Waals surface area contributed by atoms with E-state index in [4.69, 9.17) is 21.8 Å². The quantitative estimate of drug-likeness (QED) is 0.583. The van der Waals surface area contributed by atoms with Crippen LogP contribution < -0.4 is 11.5 Å². The van der Waals surface area contributed by atoms with Crippen LogP contribution in [0.4, 0.5) is 11.4 Å². The Morgan fingerprint density at radius 3 is 2.64 bits per heavy atom. The van der Waals surface area contributed by atoms with E-state index in [0.29, 0.717) is 5.56 Å². The second-order valence-electron chi connectivity index (χ2n) is 2.83. The highest BCUT2D eigenvalue weighted by atomic mass is 16.4. The van der Waals surface area contributed by atoms with Crippen LogP contribution in [0.1, 0.15) is 11.1 Å². The molecule has 14 heavy (non-hydrogen) atoms. The van der Waals surface area contributed by atoms with Crippen LogP contribution in [-0.2, 0) is 11.2 Å². The first-order chi connectivity index (χ1) is 6.54. The molecule has 72 valence electrons. The van der Waals surface area contributed by atoms with E-state index in [0.717, 1.165) is 0 Å². The summed E-state index contributed by atoms with van der Waals surface area (Å²) in [5, 5.41) is 17.2. The second kappa shape index (κ2) is 3.66.